The van der Waals surface area contributed by atoms with Gasteiger partial charge < -0.3 is 4.74 Å². The van der Waals surface area contributed by atoms with Gasteiger partial charge in [-0.25, -0.2) is 0 Å². The van der Waals surface area contributed by atoms with E-state index in [-0.39, 0.29) is 5.41 Å². The van der Waals surface area contributed by atoms with Gasteiger partial charge in [-0.1, -0.05) is 51.1 Å². The van der Waals surface area contributed by atoms with Crippen LogP contribution in [0.1, 0.15) is 50.3 Å². The third kappa shape index (κ3) is 6.58. The molecule has 0 aliphatic heterocycles. The maximum Gasteiger partial charge on any atom is 0.0462 e. The molecule has 0 aliphatic carbocycles. The number of unbranched alkanes of at least 4 members (excludes halogenated alkanes) is 1. The monoisotopic (exact) mass is 260 g/mol. The number of allylic oxidation sites excluding steroid dienone is 1. The van der Waals surface area contributed by atoms with E-state index in [0.717, 1.165) is 19.4 Å². The van der Waals surface area contributed by atoms with Crippen LogP contribution in [-0.2, 0) is 11.2 Å². The quantitative estimate of drug-likeness (QED) is 0.652. The molecule has 1 aromatic rings. The fourth-order valence-electron chi connectivity index (χ4n) is 1.94. The number of methoxy groups -OCH3 is 1. The molecule has 106 valence electrons. The Bertz CT molecular complexity index is 410. The van der Waals surface area contributed by atoms with E-state index in [0.29, 0.717) is 0 Å². The minimum absolute atomic E-state index is 0.237. The SMILES string of the molecule is COCCCCc1ccc(C)c(/C=C/C(C)(C)C)c1. The zero-order valence-corrected chi connectivity index (χ0v) is 13.1. The first-order valence-corrected chi connectivity index (χ1v) is 7.20. The number of ether oxygens (including phenoxy) is 1. The number of hydrogen-bond donors (Lipinski definition) is 0. The van der Waals surface area contributed by atoms with E-state index < -0.39 is 0 Å². The number of rotatable bonds is 6. The minimum Gasteiger partial charge on any atom is -0.385 e. The summed E-state index contributed by atoms with van der Waals surface area (Å²) in [6.45, 7) is 9.73. The van der Waals surface area contributed by atoms with Gasteiger partial charge in [0.25, 0.3) is 0 Å². The van der Waals surface area contributed by atoms with Crippen LogP contribution in [0, 0.1) is 12.3 Å². The highest BCUT2D eigenvalue weighted by molar-refractivity contribution is 5.55. The Hall–Kier alpha value is -1.08. The van der Waals surface area contributed by atoms with Gasteiger partial charge in [0.1, 0.15) is 0 Å². The van der Waals surface area contributed by atoms with Crippen molar-refractivity contribution in [2.75, 3.05) is 13.7 Å². The van der Waals surface area contributed by atoms with Crippen molar-refractivity contribution in [2.45, 2.75) is 47.0 Å². The zero-order valence-electron chi connectivity index (χ0n) is 13.1. The Balaban J connectivity index is 2.69. The van der Waals surface area contributed by atoms with Crippen LogP contribution < -0.4 is 0 Å². The largest absolute Gasteiger partial charge is 0.385 e. The second-order valence-electron chi connectivity index (χ2n) is 6.34. The summed E-state index contributed by atoms with van der Waals surface area (Å²) in [6, 6.07) is 6.80. The molecule has 0 unspecified atom stereocenters. The molecule has 1 nitrogen and oxygen atoms in total. The van der Waals surface area contributed by atoms with Gasteiger partial charge in [0.15, 0.2) is 0 Å². The molecule has 0 saturated carbocycles. The van der Waals surface area contributed by atoms with Crippen molar-refractivity contribution >= 4 is 6.08 Å². The molecule has 0 saturated heterocycles. The van der Waals surface area contributed by atoms with Crippen LogP contribution in [0.3, 0.4) is 0 Å². The normalized spacial score (nSPS) is 12.3. The minimum atomic E-state index is 0.237. The van der Waals surface area contributed by atoms with Crippen LogP contribution >= 0.6 is 0 Å². The van der Waals surface area contributed by atoms with Crippen molar-refractivity contribution in [3.05, 3.63) is 41.0 Å². The lowest BCUT2D eigenvalue weighted by molar-refractivity contribution is 0.193. The van der Waals surface area contributed by atoms with Crippen LogP contribution in [0.4, 0.5) is 0 Å². The first kappa shape index (κ1) is 16.0. The van der Waals surface area contributed by atoms with E-state index in [4.69, 9.17) is 4.74 Å². The molecule has 0 amide bonds. The highest BCUT2D eigenvalue weighted by atomic mass is 16.5. The maximum atomic E-state index is 5.09. The van der Waals surface area contributed by atoms with Crippen molar-refractivity contribution in [2.24, 2.45) is 5.41 Å². The van der Waals surface area contributed by atoms with Gasteiger partial charge >= 0.3 is 0 Å². The molecular formula is C18H28O. The molecule has 0 spiro atoms. The molecule has 19 heavy (non-hydrogen) atoms. The van der Waals surface area contributed by atoms with Gasteiger partial charge in [0.05, 0.1) is 0 Å². The molecular weight excluding hydrogens is 232 g/mol. The van der Waals surface area contributed by atoms with Crippen LogP contribution in [-0.4, -0.2) is 13.7 Å². The van der Waals surface area contributed by atoms with Gasteiger partial charge in [-0.2, -0.15) is 0 Å². The Kier molecular flexibility index (Phi) is 6.30. The molecule has 0 aromatic heterocycles. The molecule has 0 atom stereocenters. The molecule has 1 aromatic carbocycles. The Morgan fingerprint density at radius 2 is 1.89 bits per heavy atom. The summed E-state index contributed by atoms with van der Waals surface area (Å²) >= 11 is 0. The van der Waals surface area contributed by atoms with E-state index in [2.05, 4.69) is 58.0 Å². The van der Waals surface area contributed by atoms with Crippen molar-refractivity contribution in [1.82, 2.24) is 0 Å². The molecule has 0 bridgehead atoms. The number of hydrogen-bond acceptors (Lipinski definition) is 1. The lowest BCUT2D eigenvalue weighted by Gasteiger charge is -2.12. The predicted molar refractivity (Wildman–Crippen MR) is 84.5 cm³/mol. The van der Waals surface area contributed by atoms with Crippen LogP contribution in [0.2, 0.25) is 0 Å². The van der Waals surface area contributed by atoms with Crippen LogP contribution in [0.15, 0.2) is 24.3 Å². The molecule has 0 aliphatic rings. The first-order valence-electron chi connectivity index (χ1n) is 7.20. The molecule has 0 fully saturated rings. The topological polar surface area (TPSA) is 9.23 Å². The lowest BCUT2D eigenvalue weighted by atomic mass is 9.93. The van der Waals surface area contributed by atoms with Gasteiger partial charge in [-0.15, -0.1) is 0 Å². The second-order valence-corrected chi connectivity index (χ2v) is 6.34. The summed E-state index contributed by atoms with van der Waals surface area (Å²) in [7, 11) is 1.77. The summed E-state index contributed by atoms with van der Waals surface area (Å²) in [4.78, 5) is 0. The summed E-state index contributed by atoms with van der Waals surface area (Å²) in [5.41, 5.74) is 4.36. The Labute approximate surface area is 118 Å². The predicted octanol–water partition coefficient (Wildman–Crippen LogP) is 5.02. The average molecular weight is 260 g/mol. The summed E-state index contributed by atoms with van der Waals surface area (Å²) in [5, 5.41) is 0. The average Bonchev–Trinajstić information content (AvgIpc) is 2.34. The fourth-order valence-corrected chi connectivity index (χ4v) is 1.94. The van der Waals surface area contributed by atoms with Crippen LogP contribution in [0.5, 0.6) is 0 Å². The highest BCUT2D eigenvalue weighted by Crippen LogP contribution is 2.20. The Morgan fingerprint density at radius 3 is 2.53 bits per heavy atom. The molecule has 0 heterocycles. The molecule has 1 heteroatoms. The summed E-state index contributed by atoms with van der Waals surface area (Å²) < 4.78 is 5.09. The van der Waals surface area contributed by atoms with E-state index in [1.165, 1.54) is 23.1 Å². The molecule has 0 radical (unpaired) electrons. The molecule has 0 N–H and O–H groups in total. The standard InChI is InChI=1S/C18H28O/c1-15-9-10-16(8-6-7-13-19-5)14-17(15)11-12-18(2,3)4/h9-12,14H,6-8,13H2,1-5H3/b12-11+. The number of benzene rings is 1. The zero-order chi connectivity index (χ0) is 14.3. The number of aryl methyl sites for hydroxylation is 2. The fraction of sp³-hybridized carbons (Fsp3) is 0.556. The maximum absolute atomic E-state index is 5.09. The lowest BCUT2D eigenvalue weighted by Crippen LogP contribution is -1.98. The van der Waals surface area contributed by atoms with E-state index >= 15 is 0 Å². The third-order valence-corrected chi connectivity index (χ3v) is 3.17. The van der Waals surface area contributed by atoms with E-state index in [9.17, 15) is 0 Å². The van der Waals surface area contributed by atoms with Crippen molar-refractivity contribution in [3.8, 4) is 0 Å². The van der Waals surface area contributed by atoms with Gasteiger partial charge in [-0.3, -0.25) is 0 Å². The van der Waals surface area contributed by atoms with Crippen molar-refractivity contribution in [3.63, 3.8) is 0 Å². The second kappa shape index (κ2) is 7.49. The van der Waals surface area contributed by atoms with E-state index in [1.54, 1.807) is 7.11 Å². The van der Waals surface area contributed by atoms with E-state index in [1.807, 2.05) is 0 Å². The van der Waals surface area contributed by atoms with Crippen molar-refractivity contribution in [1.29, 1.82) is 0 Å². The summed E-state index contributed by atoms with van der Waals surface area (Å²) in [6.07, 6.45) is 8.01. The van der Waals surface area contributed by atoms with Gasteiger partial charge in [0.2, 0.25) is 0 Å². The third-order valence-electron chi connectivity index (χ3n) is 3.17. The smallest absolute Gasteiger partial charge is 0.0462 e. The Morgan fingerprint density at radius 1 is 1.16 bits per heavy atom. The summed E-state index contributed by atoms with van der Waals surface area (Å²) in [5.74, 6) is 0. The first-order chi connectivity index (χ1) is 8.92. The van der Waals surface area contributed by atoms with Crippen molar-refractivity contribution < 1.29 is 4.74 Å². The van der Waals surface area contributed by atoms with Crippen LogP contribution in [0.25, 0.3) is 6.08 Å². The highest BCUT2D eigenvalue weighted by Gasteiger charge is 2.05. The van der Waals surface area contributed by atoms with Gasteiger partial charge in [0, 0.05) is 13.7 Å². The van der Waals surface area contributed by atoms with Gasteiger partial charge in [-0.05, 0) is 48.3 Å². The molecule has 1 rings (SSSR count).